The van der Waals surface area contributed by atoms with Gasteiger partial charge >= 0.3 is 0 Å². The van der Waals surface area contributed by atoms with E-state index in [0.717, 1.165) is 5.56 Å². The summed E-state index contributed by atoms with van der Waals surface area (Å²) in [6, 6.07) is 4.71. The molecule has 1 unspecified atom stereocenters. The van der Waals surface area contributed by atoms with Gasteiger partial charge in [0, 0.05) is 17.6 Å². The highest BCUT2D eigenvalue weighted by molar-refractivity contribution is 6.30. The molecule has 3 heteroatoms. The van der Waals surface area contributed by atoms with Gasteiger partial charge in [0.25, 0.3) is 0 Å². The quantitative estimate of drug-likeness (QED) is 0.758. The van der Waals surface area contributed by atoms with E-state index in [9.17, 15) is 4.39 Å². The second-order valence-corrected chi connectivity index (χ2v) is 3.62. The molecule has 76 valence electrons. The van der Waals surface area contributed by atoms with Crippen molar-refractivity contribution >= 4 is 11.6 Å². The van der Waals surface area contributed by atoms with E-state index < -0.39 is 0 Å². The average Bonchev–Trinajstić information content (AvgIpc) is 2.12. The lowest BCUT2D eigenvalue weighted by Crippen LogP contribution is -2.22. The molecule has 1 N–H and O–H groups in total. The Morgan fingerprint density at radius 1 is 1.57 bits per heavy atom. The summed E-state index contributed by atoms with van der Waals surface area (Å²) >= 11 is 5.71. The molecular weight excluding hydrogens is 201 g/mol. The highest BCUT2D eigenvalue weighted by atomic mass is 35.5. The topological polar surface area (TPSA) is 12.0 Å². The van der Waals surface area contributed by atoms with Crippen LogP contribution in [0, 0.1) is 5.82 Å². The largest absolute Gasteiger partial charge is 0.307 e. The molecule has 0 bridgehead atoms. The third-order valence-electron chi connectivity index (χ3n) is 1.90. The third-order valence-corrected chi connectivity index (χ3v) is 2.12. The highest BCUT2D eigenvalue weighted by Gasteiger charge is 2.00. The first-order valence-electron chi connectivity index (χ1n) is 4.42. The maximum absolute atomic E-state index is 12.9. The van der Waals surface area contributed by atoms with Crippen LogP contribution in [0.4, 0.5) is 4.39 Å². The molecule has 1 nitrogen and oxygen atoms in total. The Bertz CT molecular complexity index is 305. The SMILES string of the molecule is C=CC(C)NCc1cc(F)cc(Cl)c1. The lowest BCUT2D eigenvalue weighted by Gasteiger charge is -2.09. The molecule has 1 atom stereocenters. The number of nitrogens with one attached hydrogen (secondary N) is 1. The van der Waals surface area contributed by atoms with Crippen LogP contribution in [-0.4, -0.2) is 6.04 Å². The van der Waals surface area contributed by atoms with Crippen LogP contribution in [0.3, 0.4) is 0 Å². The fraction of sp³-hybridized carbons (Fsp3) is 0.273. The predicted molar refractivity (Wildman–Crippen MR) is 57.9 cm³/mol. The van der Waals surface area contributed by atoms with Crippen LogP contribution in [-0.2, 0) is 6.54 Å². The summed E-state index contributed by atoms with van der Waals surface area (Å²) in [5.74, 6) is -0.305. The summed E-state index contributed by atoms with van der Waals surface area (Å²) in [4.78, 5) is 0. The standard InChI is InChI=1S/C11H13ClFN/c1-3-8(2)14-7-9-4-10(12)6-11(13)5-9/h3-6,8,14H,1,7H2,2H3. The van der Waals surface area contributed by atoms with Crippen molar-refractivity contribution in [1.29, 1.82) is 0 Å². The third kappa shape index (κ3) is 3.48. The molecule has 1 aromatic carbocycles. The van der Waals surface area contributed by atoms with E-state index in [1.165, 1.54) is 12.1 Å². The monoisotopic (exact) mass is 213 g/mol. The van der Waals surface area contributed by atoms with E-state index in [0.29, 0.717) is 11.6 Å². The minimum absolute atomic E-state index is 0.206. The minimum atomic E-state index is -0.305. The Morgan fingerprint density at radius 3 is 2.86 bits per heavy atom. The molecule has 0 aliphatic heterocycles. The van der Waals surface area contributed by atoms with Gasteiger partial charge in [-0.05, 0) is 30.7 Å². The number of hydrogen-bond acceptors (Lipinski definition) is 1. The lowest BCUT2D eigenvalue weighted by atomic mass is 10.2. The number of halogens is 2. The van der Waals surface area contributed by atoms with E-state index in [1.54, 1.807) is 12.1 Å². The predicted octanol–water partition coefficient (Wildman–Crippen LogP) is 3.14. The molecule has 14 heavy (non-hydrogen) atoms. The van der Waals surface area contributed by atoms with Crippen LogP contribution in [0.25, 0.3) is 0 Å². The Kier molecular flexibility index (Phi) is 4.11. The molecule has 0 aliphatic rings. The summed E-state index contributed by atoms with van der Waals surface area (Å²) in [5.41, 5.74) is 0.837. The van der Waals surface area contributed by atoms with Crippen LogP contribution in [0.1, 0.15) is 12.5 Å². The summed E-state index contributed by atoms with van der Waals surface area (Å²) in [6.45, 7) is 6.21. The van der Waals surface area contributed by atoms with E-state index >= 15 is 0 Å². The molecule has 1 rings (SSSR count). The van der Waals surface area contributed by atoms with Gasteiger partial charge in [0.15, 0.2) is 0 Å². The van der Waals surface area contributed by atoms with Crippen molar-refractivity contribution in [2.45, 2.75) is 19.5 Å². The number of hydrogen-bond donors (Lipinski definition) is 1. The van der Waals surface area contributed by atoms with Crippen molar-refractivity contribution in [3.8, 4) is 0 Å². The number of benzene rings is 1. The van der Waals surface area contributed by atoms with Gasteiger partial charge in [0.05, 0.1) is 0 Å². The molecule has 0 saturated heterocycles. The van der Waals surface area contributed by atoms with Gasteiger partial charge in [-0.3, -0.25) is 0 Å². The Balaban J connectivity index is 2.62. The molecule has 0 aliphatic carbocycles. The van der Waals surface area contributed by atoms with Crippen LogP contribution >= 0.6 is 11.6 Å². The Labute approximate surface area is 88.6 Å². The molecule has 0 saturated carbocycles. The van der Waals surface area contributed by atoms with E-state index in [1.807, 2.05) is 6.92 Å². The molecule has 0 spiro atoms. The zero-order valence-electron chi connectivity index (χ0n) is 8.06. The van der Waals surface area contributed by atoms with Crippen molar-refractivity contribution in [1.82, 2.24) is 5.32 Å². The Morgan fingerprint density at radius 2 is 2.29 bits per heavy atom. The minimum Gasteiger partial charge on any atom is -0.307 e. The van der Waals surface area contributed by atoms with E-state index in [2.05, 4.69) is 11.9 Å². The van der Waals surface area contributed by atoms with Gasteiger partial charge in [0.1, 0.15) is 5.82 Å². The second kappa shape index (κ2) is 5.13. The first-order valence-corrected chi connectivity index (χ1v) is 4.80. The molecular formula is C11H13ClFN. The van der Waals surface area contributed by atoms with Crippen molar-refractivity contribution < 1.29 is 4.39 Å². The van der Waals surface area contributed by atoms with E-state index in [4.69, 9.17) is 11.6 Å². The fourth-order valence-corrected chi connectivity index (χ4v) is 1.32. The van der Waals surface area contributed by atoms with Crippen molar-refractivity contribution in [2.75, 3.05) is 0 Å². The molecule has 0 aromatic heterocycles. The molecule has 1 aromatic rings. The van der Waals surface area contributed by atoms with Gasteiger partial charge in [-0.25, -0.2) is 4.39 Å². The zero-order chi connectivity index (χ0) is 10.6. The van der Waals surface area contributed by atoms with Gasteiger partial charge < -0.3 is 5.32 Å². The smallest absolute Gasteiger partial charge is 0.125 e. The van der Waals surface area contributed by atoms with Crippen LogP contribution in [0.5, 0.6) is 0 Å². The first kappa shape index (κ1) is 11.2. The zero-order valence-corrected chi connectivity index (χ0v) is 8.81. The molecule has 0 fully saturated rings. The van der Waals surface area contributed by atoms with Crippen LogP contribution in [0.15, 0.2) is 30.9 Å². The summed E-state index contributed by atoms with van der Waals surface area (Å²) < 4.78 is 12.9. The van der Waals surface area contributed by atoms with Crippen molar-refractivity contribution in [3.05, 3.63) is 47.3 Å². The maximum atomic E-state index is 12.9. The normalized spacial score (nSPS) is 12.5. The van der Waals surface area contributed by atoms with E-state index in [-0.39, 0.29) is 11.9 Å². The summed E-state index contributed by atoms with van der Waals surface area (Å²) in [7, 11) is 0. The summed E-state index contributed by atoms with van der Waals surface area (Å²) in [6.07, 6.45) is 1.79. The summed E-state index contributed by atoms with van der Waals surface area (Å²) in [5, 5.41) is 3.58. The number of rotatable bonds is 4. The first-order chi connectivity index (χ1) is 6.61. The highest BCUT2D eigenvalue weighted by Crippen LogP contribution is 2.13. The lowest BCUT2D eigenvalue weighted by molar-refractivity contribution is 0.610. The van der Waals surface area contributed by atoms with Crippen molar-refractivity contribution in [3.63, 3.8) is 0 Å². The fourth-order valence-electron chi connectivity index (χ4n) is 1.08. The average molecular weight is 214 g/mol. The van der Waals surface area contributed by atoms with Gasteiger partial charge in [0.2, 0.25) is 0 Å². The van der Waals surface area contributed by atoms with Gasteiger partial charge in [-0.15, -0.1) is 6.58 Å². The van der Waals surface area contributed by atoms with Gasteiger partial charge in [-0.1, -0.05) is 17.7 Å². The Hall–Kier alpha value is -0.860. The second-order valence-electron chi connectivity index (χ2n) is 3.18. The molecule has 0 heterocycles. The van der Waals surface area contributed by atoms with Crippen LogP contribution < -0.4 is 5.32 Å². The maximum Gasteiger partial charge on any atom is 0.125 e. The molecule has 0 radical (unpaired) electrons. The van der Waals surface area contributed by atoms with Crippen LogP contribution in [0.2, 0.25) is 5.02 Å². The molecule has 0 amide bonds. The van der Waals surface area contributed by atoms with Crippen molar-refractivity contribution in [2.24, 2.45) is 0 Å². The van der Waals surface area contributed by atoms with Gasteiger partial charge in [-0.2, -0.15) is 0 Å².